The van der Waals surface area contributed by atoms with E-state index < -0.39 is 0 Å². The van der Waals surface area contributed by atoms with E-state index in [1.165, 1.54) is 0 Å². The summed E-state index contributed by atoms with van der Waals surface area (Å²) < 4.78 is 0. The second-order valence-corrected chi connectivity index (χ2v) is 5.79. The zero-order valence-corrected chi connectivity index (χ0v) is 12.0. The third kappa shape index (κ3) is 3.85. The molecule has 0 aromatic heterocycles. The lowest BCUT2D eigenvalue weighted by molar-refractivity contribution is 0.0663. The predicted molar refractivity (Wildman–Crippen MR) is 76.8 cm³/mol. The Bertz CT molecular complexity index is 465. The van der Waals surface area contributed by atoms with Crippen LogP contribution in [0.4, 0.5) is 0 Å². The van der Waals surface area contributed by atoms with Gasteiger partial charge in [0, 0.05) is 17.5 Å². The van der Waals surface area contributed by atoms with Crippen LogP contribution in [-0.4, -0.2) is 23.7 Å². The molecule has 1 saturated carbocycles. The van der Waals surface area contributed by atoms with E-state index in [0.717, 1.165) is 25.7 Å². The summed E-state index contributed by atoms with van der Waals surface area (Å²) in [7, 11) is 0. The molecule has 0 aliphatic heterocycles. The maximum absolute atomic E-state index is 12.0. The van der Waals surface area contributed by atoms with Gasteiger partial charge in [0.2, 0.25) is 0 Å². The number of carbonyl (C=O) groups excluding carboxylic acids is 1. The highest BCUT2D eigenvalue weighted by Crippen LogP contribution is 2.24. The van der Waals surface area contributed by atoms with Crippen molar-refractivity contribution in [1.82, 2.24) is 5.32 Å². The van der Waals surface area contributed by atoms with E-state index in [1.807, 2.05) is 0 Å². The molecule has 1 aromatic carbocycles. The molecule has 1 amide bonds. The molecule has 3 nitrogen and oxygen atoms in total. The molecule has 0 spiro atoms. The molecular weight excluding hydrogens is 285 g/mol. The lowest BCUT2D eigenvalue weighted by atomic mass is 9.86. The number of hydrogen-bond acceptors (Lipinski definition) is 2. The molecule has 1 aromatic rings. The monoisotopic (exact) mass is 301 g/mol. The summed E-state index contributed by atoms with van der Waals surface area (Å²) >= 11 is 11.8. The van der Waals surface area contributed by atoms with Crippen molar-refractivity contribution >= 4 is 29.1 Å². The van der Waals surface area contributed by atoms with Crippen molar-refractivity contribution in [2.75, 3.05) is 6.54 Å². The van der Waals surface area contributed by atoms with Crippen LogP contribution in [0.5, 0.6) is 0 Å². The van der Waals surface area contributed by atoms with Crippen LogP contribution >= 0.6 is 23.2 Å². The van der Waals surface area contributed by atoms with Crippen LogP contribution in [0.3, 0.4) is 0 Å². The number of benzene rings is 1. The van der Waals surface area contributed by atoms with E-state index in [-0.39, 0.29) is 17.9 Å². The van der Waals surface area contributed by atoms with Gasteiger partial charge in [-0.15, -0.1) is 0 Å². The second kappa shape index (κ2) is 6.60. The third-order valence-corrected chi connectivity index (χ3v) is 4.13. The first-order valence-corrected chi connectivity index (χ1v) is 7.25. The molecule has 0 heterocycles. The topological polar surface area (TPSA) is 49.3 Å². The van der Waals surface area contributed by atoms with Gasteiger partial charge in [0.05, 0.1) is 16.7 Å². The fourth-order valence-corrected chi connectivity index (χ4v) is 2.79. The molecule has 0 radical (unpaired) electrons. The Morgan fingerprint density at radius 1 is 1.32 bits per heavy atom. The van der Waals surface area contributed by atoms with Crippen molar-refractivity contribution in [1.29, 1.82) is 0 Å². The molecule has 1 aliphatic rings. The molecule has 0 bridgehead atoms. The van der Waals surface area contributed by atoms with E-state index >= 15 is 0 Å². The van der Waals surface area contributed by atoms with Crippen molar-refractivity contribution in [2.45, 2.75) is 31.8 Å². The van der Waals surface area contributed by atoms with Crippen LogP contribution < -0.4 is 5.32 Å². The second-order valence-electron chi connectivity index (χ2n) is 4.95. The number of hydrogen-bond donors (Lipinski definition) is 2. The number of carbonyl (C=O) groups is 1. The number of aliphatic hydroxyl groups excluding tert-OH is 1. The number of rotatable bonds is 3. The minimum atomic E-state index is -0.316. The SMILES string of the molecule is O=C(NCC1CCCCC1O)c1cc(Cl)ccc1Cl. The summed E-state index contributed by atoms with van der Waals surface area (Å²) in [5.41, 5.74) is 0.375. The zero-order valence-electron chi connectivity index (χ0n) is 10.5. The molecule has 2 N–H and O–H groups in total. The molecule has 104 valence electrons. The predicted octanol–water partition coefficient (Wildman–Crippen LogP) is 3.27. The average molecular weight is 302 g/mol. The summed E-state index contributed by atoms with van der Waals surface area (Å²) in [6.45, 7) is 0.475. The van der Waals surface area contributed by atoms with Crippen LogP contribution in [-0.2, 0) is 0 Å². The Labute approximate surface area is 122 Å². The lowest BCUT2D eigenvalue weighted by Gasteiger charge is -2.27. The quantitative estimate of drug-likeness (QED) is 0.900. The first-order valence-electron chi connectivity index (χ1n) is 6.49. The lowest BCUT2D eigenvalue weighted by Crippen LogP contribution is -2.36. The van der Waals surface area contributed by atoms with Gasteiger partial charge in [0.1, 0.15) is 0 Å². The van der Waals surface area contributed by atoms with E-state index in [1.54, 1.807) is 18.2 Å². The van der Waals surface area contributed by atoms with Gasteiger partial charge in [-0.25, -0.2) is 0 Å². The standard InChI is InChI=1S/C14H17Cl2NO2/c15-10-5-6-12(16)11(7-10)14(19)17-8-9-3-1-2-4-13(9)18/h5-7,9,13,18H,1-4,8H2,(H,17,19). The average Bonchev–Trinajstić information content (AvgIpc) is 2.40. The number of nitrogens with one attached hydrogen (secondary N) is 1. The van der Waals surface area contributed by atoms with Gasteiger partial charge >= 0.3 is 0 Å². The molecule has 5 heteroatoms. The molecule has 0 saturated heterocycles. The molecule has 2 atom stereocenters. The summed E-state index contributed by atoms with van der Waals surface area (Å²) in [6, 6.07) is 4.80. The molecule has 2 unspecified atom stereocenters. The maximum Gasteiger partial charge on any atom is 0.252 e. The van der Waals surface area contributed by atoms with Crippen molar-refractivity contribution in [3.8, 4) is 0 Å². The minimum absolute atomic E-state index is 0.135. The van der Waals surface area contributed by atoms with Gasteiger partial charge in [0.25, 0.3) is 5.91 Å². The summed E-state index contributed by atoms with van der Waals surface area (Å²) in [5, 5.41) is 13.5. The highest BCUT2D eigenvalue weighted by Gasteiger charge is 2.23. The number of amides is 1. The first kappa shape index (κ1) is 14.6. The van der Waals surface area contributed by atoms with E-state index in [2.05, 4.69) is 5.32 Å². The zero-order chi connectivity index (χ0) is 13.8. The third-order valence-electron chi connectivity index (χ3n) is 3.57. The Balaban J connectivity index is 1.95. The van der Waals surface area contributed by atoms with Crippen molar-refractivity contribution in [3.63, 3.8) is 0 Å². The molecule has 1 aliphatic carbocycles. The summed E-state index contributed by atoms with van der Waals surface area (Å²) in [6.07, 6.45) is 3.62. The van der Waals surface area contributed by atoms with Gasteiger partial charge in [-0.05, 0) is 31.0 Å². The van der Waals surface area contributed by atoms with E-state index in [9.17, 15) is 9.90 Å². The Kier molecular flexibility index (Phi) is 5.08. The van der Waals surface area contributed by atoms with Crippen LogP contribution in [0.25, 0.3) is 0 Å². The number of halogens is 2. The van der Waals surface area contributed by atoms with Crippen LogP contribution in [0.15, 0.2) is 18.2 Å². The van der Waals surface area contributed by atoms with Gasteiger partial charge in [-0.1, -0.05) is 36.0 Å². The molecule has 1 fully saturated rings. The summed E-state index contributed by atoms with van der Waals surface area (Å²) in [4.78, 5) is 12.0. The van der Waals surface area contributed by atoms with Crippen molar-refractivity contribution in [2.24, 2.45) is 5.92 Å². The van der Waals surface area contributed by atoms with Gasteiger partial charge < -0.3 is 10.4 Å². The van der Waals surface area contributed by atoms with Gasteiger partial charge in [-0.2, -0.15) is 0 Å². The Hall–Kier alpha value is -0.770. The fourth-order valence-electron chi connectivity index (χ4n) is 2.42. The minimum Gasteiger partial charge on any atom is -0.393 e. The fraction of sp³-hybridized carbons (Fsp3) is 0.500. The van der Waals surface area contributed by atoms with E-state index in [4.69, 9.17) is 23.2 Å². The van der Waals surface area contributed by atoms with Gasteiger partial charge in [0.15, 0.2) is 0 Å². The molecule has 19 heavy (non-hydrogen) atoms. The maximum atomic E-state index is 12.0. The largest absolute Gasteiger partial charge is 0.393 e. The summed E-state index contributed by atoms with van der Waals surface area (Å²) in [5.74, 6) is -0.110. The molecule has 2 rings (SSSR count). The Morgan fingerprint density at radius 3 is 2.79 bits per heavy atom. The van der Waals surface area contributed by atoms with E-state index in [0.29, 0.717) is 22.2 Å². The highest BCUT2D eigenvalue weighted by atomic mass is 35.5. The number of aliphatic hydroxyl groups is 1. The van der Waals surface area contributed by atoms with Crippen molar-refractivity contribution in [3.05, 3.63) is 33.8 Å². The smallest absolute Gasteiger partial charge is 0.252 e. The van der Waals surface area contributed by atoms with Gasteiger partial charge in [-0.3, -0.25) is 4.79 Å². The van der Waals surface area contributed by atoms with Crippen LogP contribution in [0.2, 0.25) is 10.0 Å². The normalized spacial score (nSPS) is 23.1. The van der Waals surface area contributed by atoms with Crippen LogP contribution in [0, 0.1) is 5.92 Å². The van der Waals surface area contributed by atoms with Crippen LogP contribution in [0.1, 0.15) is 36.0 Å². The molecular formula is C14H17Cl2NO2. The van der Waals surface area contributed by atoms with Crippen molar-refractivity contribution < 1.29 is 9.90 Å². The highest BCUT2D eigenvalue weighted by molar-refractivity contribution is 6.35. The Morgan fingerprint density at radius 2 is 2.05 bits per heavy atom. The first-order chi connectivity index (χ1) is 9.08.